The Morgan fingerprint density at radius 2 is 1.66 bits per heavy atom. The predicted octanol–water partition coefficient (Wildman–Crippen LogP) is 3.62. The van der Waals surface area contributed by atoms with Crippen molar-refractivity contribution in [2.45, 2.75) is 11.8 Å². The minimum Gasteiger partial charge on any atom is -0.494 e. The second-order valence-corrected chi connectivity index (χ2v) is 8.55. The number of amides is 1. The summed E-state index contributed by atoms with van der Waals surface area (Å²) in [5, 5.41) is 11.7. The molecule has 2 N–H and O–H groups in total. The SMILES string of the molecule is CCOc1ccc(N(CC(=O)Nc2cccc(C(=O)O)c2)S(=O)(=O)c2ccccc2)cc1. The number of carbonyl (C=O) groups excluding carboxylic acids is 1. The van der Waals surface area contributed by atoms with Crippen LogP contribution in [0.15, 0.2) is 83.8 Å². The third-order valence-corrected chi connectivity index (χ3v) is 6.24. The summed E-state index contributed by atoms with van der Waals surface area (Å²) in [6.07, 6.45) is 0. The summed E-state index contributed by atoms with van der Waals surface area (Å²) in [5.41, 5.74) is 0.536. The third-order valence-electron chi connectivity index (χ3n) is 4.45. The van der Waals surface area contributed by atoms with E-state index in [1.165, 1.54) is 36.4 Å². The smallest absolute Gasteiger partial charge is 0.335 e. The van der Waals surface area contributed by atoms with E-state index in [1.807, 2.05) is 6.92 Å². The van der Waals surface area contributed by atoms with Crippen LogP contribution in [-0.2, 0) is 14.8 Å². The Hall–Kier alpha value is -3.85. The molecule has 0 heterocycles. The molecule has 0 aliphatic carbocycles. The van der Waals surface area contributed by atoms with Gasteiger partial charge in [-0.15, -0.1) is 0 Å². The second kappa shape index (κ2) is 9.97. The van der Waals surface area contributed by atoms with Crippen LogP contribution in [0.4, 0.5) is 11.4 Å². The lowest BCUT2D eigenvalue weighted by molar-refractivity contribution is -0.114. The fraction of sp³-hybridized carbons (Fsp3) is 0.130. The molecule has 0 spiro atoms. The highest BCUT2D eigenvalue weighted by Crippen LogP contribution is 2.26. The Labute approximate surface area is 186 Å². The molecule has 3 rings (SSSR count). The molecule has 9 heteroatoms. The Morgan fingerprint density at radius 1 is 0.969 bits per heavy atom. The average molecular weight is 455 g/mol. The maximum Gasteiger partial charge on any atom is 0.335 e. The van der Waals surface area contributed by atoms with Gasteiger partial charge in [0.1, 0.15) is 12.3 Å². The number of benzene rings is 3. The molecule has 0 saturated carbocycles. The molecule has 0 fully saturated rings. The summed E-state index contributed by atoms with van der Waals surface area (Å²) in [5.74, 6) is -1.19. The van der Waals surface area contributed by atoms with Gasteiger partial charge < -0.3 is 15.2 Å². The average Bonchev–Trinajstić information content (AvgIpc) is 2.79. The maximum atomic E-state index is 13.3. The monoisotopic (exact) mass is 454 g/mol. The zero-order valence-electron chi connectivity index (χ0n) is 17.3. The Morgan fingerprint density at radius 3 is 2.28 bits per heavy atom. The number of carbonyl (C=O) groups is 2. The minimum absolute atomic E-state index is 0.00285. The number of hydrogen-bond acceptors (Lipinski definition) is 5. The molecule has 0 unspecified atom stereocenters. The van der Waals surface area contributed by atoms with Crippen molar-refractivity contribution in [2.75, 3.05) is 22.8 Å². The first-order chi connectivity index (χ1) is 15.3. The molecular formula is C23H22N2O6S. The number of anilines is 2. The molecule has 0 aliphatic rings. The lowest BCUT2D eigenvalue weighted by atomic mass is 10.2. The second-order valence-electron chi connectivity index (χ2n) is 6.69. The molecule has 0 bridgehead atoms. The van der Waals surface area contributed by atoms with Gasteiger partial charge in [-0.1, -0.05) is 24.3 Å². The van der Waals surface area contributed by atoms with Crippen LogP contribution < -0.4 is 14.4 Å². The van der Waals surface area contributed by atoms with Gasteiger partial charge in [0.15, 0.2) is 0 Å². The van der Waals surface area contributed by atoms with Crippen molar-refractivity contribution < 1.29 is 27.9 Å². The maximum absolute atomic E-state index is 13.3. The van der Waals surface area contributed by atoms with Crippen LogP contribution >= 0.6 is 0 Å². The molecule has 0 aliphatic heterocycles. The fourth-order valence-electron chi connectivity index (χ4n) is 2.97. The predicted molar refractivity (Wildman–Crippen MR) is 121 cm³/mol. The van der Waals surface area contributed by atoms with Gasteiger partial charge in [0.25, 0.3) is 10.0 Å². The van der Waals surface area contributed by atoms with Crippen LogP contribution in [0.1, 0.15) is 17.3 Å². The lowest BCUT2D eigenvalue weighted by Gasteiger charge is -2.24. The molecule has 1 amide bonds. The van der Waals surface area contributed by atoms with Crippen LogP contribution in [0.25, 0.3) is 0 Å². The summed E-state index contributed by atoms with van der Waals surface area (Å²) in [6, 6.07) is 19.9. The van der Waals surface area contributed by atoms with Crippen LogP contribution in [0, 0.1) is 0 Å². The highest BCUT2D eigenvalue weighted by Gasteiger charge is 2.27. The van der Waals surface area contributed by atoms with Crippen molar-refractivity contribution in [3.63, 3.8) is 0 Å². The van der Waals surface area contributed by atoms with Crippen LogP contribution in [0.5, 0.6) is 5.75 Å². The van der Waals surface area contributed by atoms with E-state index in [0.29, 0.717) is 12.4 Å². The molecule has 8 nitrogen and oxygen atoms in total. The molecule has 166 valence electrons. The van der Waals surface area contributed by atoms with Gasteiger partial charge in [0.2, 0.25) is 5.91 Å². The molecule has 3 aromatic rings. The highest BCUT2D eigenvalue weighted by atomic mass is 32.2. The standard InChI is InChI=1S/C23H22N2O6S/c1-2-31-20-13-11-19(12-14-20)25(32(29,30)21-9-4-3-5-10-21)16-22(26)24-18-8-6-7-17(15-18)23(27)28/h3-15H,2,16H2,1H3,(H,24,26)(H,27,28). The summed E-state index contributed by atoms with van der Waals surface area (Å²) in [7, 11) is -4.05. The van der Waals surface area contributed by atoms with Crippen molar-refractivity contribution in [3.05, 3.63) is 84.4 Å². The fourth-order valence-corrected chi connectivity index (χ4v) is 4.41. The first-order valence-corrected chi connectivity index (χ1v) is 11.2. The first-order valence-electron chi connectivity index (χ1n) is 9.75. The van der Waals surface area contributed by atoms with E-state index in [2.05, 4.69) is 5.32 Å². The topological polar surface area (TPSA) is 113 Å². The number of nitrogens with one attached hydrogen (secondary N) is 1. The number of rotatable bonds is 9. The molecular weight excluding hydrogens is 432 g/mol. The molecule has 0 atom stereocenters. The van der Waals surface area contributed by atoms with E-state index in [-0.39, 0.29) is 21.8 Å². The van der Waals surface area contributed by atoms with Gasteiger partial charge in [0, 0.05) is 5.69 Å². The van der Waals surface area contributed by atoms with Crippen LogP contribution in [-0.4, -0.2) is 38.6 Å². The normalized spacial score (nSPS) is 10.9. The molecule has 3 aromatic carbocycles. The van der Waals surface area contributed by atoms with E-state index in [9.17, 15) is 18.0 Å². The first kappa shape index (κ1) is 22.8. The summed E-state index contributed by atoms with van der Waals surface area (Å²) >= 11 is 0. The van der Waals surface area contributed by atoms with Gasteiger partial charge >= 0.3 is 5.97 Å². The Balaban J connectivity index is 1.91. The van der Waals surface area contributed by atoms with E-state index >= 15 is 0 Å². The van der Waals surface area contributed by atoms with E-state index < -0.39 is 28.4 Å². The summed E-state index contributed by atoms with van der Waals surface area (Å²) < 4.78 is 33.0. The summed E-state index contributed by atoms with van der Waals surface area (Å²) in [4.78, 5) is 23.9. The third kappa shape index (κ3) is 5.44. The quantitative estimate of drug-likeness (QED) is 0.511. The molecule has 0 radical (unpaired) electrons. The van der Waals surface area contributed by atoms with Gasteiger partial charge in [-0.2, -0.15) is 0 Å². The van der Waals surface area contributed by atoms with Crippen molar-refractivity contribution in [2.24, 2.45) is 0 Å². The molecule has 32 heavy (non-hydrogen) atoms. The lowest BCUT2D eigenvalue weighted by Crippen LogP contribution is -2.38. The van der Waals surface area contributed by atoms with Crippen molar-refractivity contribution >= 4 is 33.3 Å². The van der Waals surface area contributed by atoms with Crippen LogP contribution in [0.2, 0.25) is 0 Å². The van der Waals surface area contributed by atoms with Gasteiger partial charge in [-0.05, 0) is 61.5 Å². The number of sulfonamides is 1. The number of hydrogen-bond donors (Lipinski definition) is 2. The van der Waals surface area contributed by atoms with E-state index in [4.69, 9.17) is 9.84 Å². The van der Waals surface area contributed by atoms with Gasteiger partial charge in [-0.3, -0.25) is 9.10 Å². The minimum atomic E-state index is -4.05. The number of aromatic carboxylic acids is 1. The Bertz CT molecular complexity index is 1190. The number of nitrogens with zero attached hydrogens (tertiary/aromatic N) is 1. The summed E-state index contributed by atoms with van der Waals surface area (Å²) in [6.45, 7) is 1.79. The zero-order chi connectivity index (χ0) is 23.1. The van der Waals surface area contributed by atoms with Crippen molar-refractivity contribution in [1.82, 2.24) is 0 Å². The molecule has 0 saturated heterocycles. The zero-order valence-corrected chi connectivity index (χ0v) is 18.1. The van der Waals surface area contributed by atoms with Gasteiger partial charge in [0.05, 0.1) is 22.8 Å². The highest BCUT2D eigenvalue weighted by molar-refractivity contribution is 7.92. The number of carboxylic acid groups (broad SMARTS) is 1. The molecule has 0 aromatic heterocycles. The Kier molecular flexibility index (Phi) is 7.11. The van der Waals surface area contributed by atoms with E-state index in [0.717, 1.165) is 4.31 Å². The van der Waals surface area contributed by atoms with Crippen molar-refractivity contribution in [3.8, 4) is 5.75 Å². The van der Waals surface area contributed by atoms with Crippen LogP contribution in [0.3, 0.4) is 0 Å². The van der Waals surface area contributed by atoms with Crippen molar-refractivity contribution in [1.29, 1.82) is 0 Å². The van der Waals surface area contributed by atoms with Gasteiger partial charge in [-0.25, -0.2) is 13.2 Å². The number of carboxylic acids is 1. The van der Waals surface area contributed by atoms with E-state index in [1.54, 1.807) is 42.5 Å². The largest absolute Gasteiger partial charge is 0.494 e. The number of ether oxygens (including phenoxy) is 1.